The lowest BCUT2D eigenvalue weighted by atomic mass is 9.88. The van der Waals surface area contributed by atoms with Crippen LogP contribution in [0.2, 0.25) is 0 Å². The van der Waals surface area contributed by atoms with E-state index in [1.54, 1.807) is 21.3 Å². The van der Waals surface area contributed by atoms with Crippen LogP contribution in [0.5, 0.6) is 0 Å². The van der Waals surface area contributed by atoms with Gasteiger partial charge in [0.05, 0.1) is 32.0 Å². The smallest absolute Gasteiger partial charge is 0.336 e. The van der Waals surface area contributed by atoms with E-state index in [1.807, 2.05) is 105 Å². The van der Waals surface area contributed by atoms with E-state index in [2.05, 4.69) is 0 Å². The van der Waals surface area contributed by atoms with Crippen LogP contribution in [-0.4, -0.2) is 83.1 Å². The molecule has 0 spiro atoms. The molecule has 2 heterocycles. The first-order chi connectivity index (χ1) is 23.4. The van der Waals surface area contributed by atoms with Crippen molar-refractivity contribution in [3.8, 4) is 0 Å². The summed E-state index contributed by atoms with van der Waals surface area (Å²) in [7, 11) is 4.76. The molecule has 2 fully saturated rings. The summed E-state index contributed by atoms with van der Waals surface area (Å²) < 4.78 is 55.6. The zero-order valence-corrected chi connectivity index (χ0v) is 28.3. The average Bonchev–Trinajstić information content (AvgIpc) is 3.12. The fourth-order valence-electron chi connectivity index (χ4n) is 6.41. The van der Waals surface area contributed by atoms with Gasteiger partial charge >= 0.3 is 5.97 Å². The molecule has 2 aliphatic heterocycles. The number of methoxy groups -OCH3 is 3. The van der Waals surface area contributed by atoms with Gasteiger partial charge in [0.15, 0.2) is 18.7 Å². The molecule has 3 aromatic carbocycles. The zero-order valence-electron chi connectivity index (χ0n) is 28.3. The number of esters is 1. The van der Waals surface area contributed by atoms with Gasteiger partial charge in [-0.15, -0.1) is 0 Å². The molecule has 0 aromatic heterocycles. The second-order valence-corrected chi connectivity index (χ2v) is 12.3. The van der Waals surface area contributed by atoms with E-state index >= 15 is 0 Å². The molecular formula is C38H48O10. The monoisotopic (exact) mass is 664 g/mol. The third kappa shape index (κ3) is 9.07. The molecule has 260 valence electrons. The minimum Gasteiger partial charge on any atom is -0.459 e. The van der Waals surface area contributed by atoms with Crippen molar-refractivity contribution in [2.24, 2.45) is 11.8 Å². The van der Waals surface area contributed by atoms with Crippen molar-refractivity contribution < 1.29 is 47.4 Å². The Balaban J connectivity index is 1.36. The summed E-state index contributed by atoms with van der Waals surface area (Å²) in [4.78, 5) is 13.5. The Morgan fingerprint density at radius 2 is 1.17 bits per heavy atom. The number of ether oxygens (including phenoxy) is 9. The Hall–Kier alpha value is -3.19. The summed E-state index contributed by atoms with van der Waals surface area (Å²) in [6.45, 7) is 5.01. The van der Waals surface area contributed by atoms with Crippen molar-refractivity contribution in [2.75, 3.05) is 27.9 Å². The Labute approximate surface area is 283 Å². The highest BCUT2D eigenvalue weighted by Gasteiger charge is 2.52. The zero-order chi connectivity index (χ0) is 33.9. The molecule has 0 amide bonds. The van der Waals surface area contributed by atoms with Gasteiger partial charge in [0.25, 0.3) is 0 Å². The highest BCUT2D eigenvalue weighted by Crippen LogP contribution is 2.37. The molecule has 0 aliphatic carbocycles. The van der Waals surface area contributed by atoms with Gasteiger partial charge in [0.1, 0.15) is 24.9 Å². The molecule has 2 aliphatic rings. The molecule has 0 bridgehead atoms. The van der Waals surface area contributed by atoms with Crippen molar-refractivity contribution in [1.29, 1.82) is 0 Å². The lowest BCUT2D eigenvalue weighted by Gasteiger charge is -2.48. The summed E-state index contributed by atoms with van der Waals surface area (Å²) in [5, 5.41) is 0. The molecule has 3 aromatic rings. The Morgan fingerprint density at radius 1 is 0.604 bits per heavy atom. The Morgan fingerprint density at radius 3 is 1.73 bits per heavy atom. The summed E-state index contributed by atoms with van der Waals surface area (Å²) in [5.41, 5.74) is 2.94. The van der Waals surface area contributed by atoms with Gasteiger partial charge < -0.3 is 42.6 Å². The lowest BCUT2D eigenvalue weighted by Crippen LogP contribution is -2.62. The number of hydrogen-bond acceptors (Lipinski definition) is 10. The van der Waals surface area contributed by atoms with Gasteiger partial charge in [-0.3, -0.25) is 0 Å². The van der Waals surface area contributed by atoms with Gasteiger partial charge in [0.2, 0.25) is 0 Å². The normalized spacial score (nSPS) is 30.5. The summed E-state index contributed by atoms with van der Waals surface area (Å²) in [5.74, 6) is -1.13. The number of benzene rings is 3. The first kappa shape index (κ1) is 36.1. The van der Waals surface area contributed by atoms with Crippen LogP contribution in [0.4, 0.5) is 0 Å². The van der Waals surface area contributed by atoms with Crippen molar-refractivity contribution in [3.05, 3.63) is 108 Å². The van der Waals surface area contributed by atoms with E-state index in [0.717, 1.165) is 16.7 Å². The van der Waals surface area contributed by atoms with Crippen LogP contribution in [0.1, 0.15) is 30.5 Å². The highest BCUT2D eigenvalue weighted by atomic mass is 16.7. The molecule has 0 N–H and O–H groups in total. The number of carbonyl (C=O) groups excluding carboxylic acids is 1. The minimum absolute atomic E-state index is 0.121. The molecular weight excluding hydrogens is 616 g/mol. The largest absolute Gasteiger partial charge is 0.459 e. The third-order valence-corrected chi connectivity index (χ3v) is 9.05. The van der Waals surface area contributed by atoms with E-state index in [9.17, 15) is 4.79 Å². The van der Waals surface area contributed by atoms with E-state index in [0.29, 0.717) is 13.2 Å². The van der Waals surface area contributed by atoms with Gasteiger partial charge in [-0.05, 0) is 16.7 Å². The van der Waals surface area contributed by atoms with Gasteiger partial charge in [0, 0.05) is 33.2 Å². The van der Waals surface area contributed by atoms with Crippen LogP contribution in [-0.2, 0) is 67.2 Å². The predicted molar refractivity (Wildman–Crippen MR) is 176 cm³/mol. The standard InChI is InChI=1S/C38H48O10/c1-25-31(47-38-35(41-4)32(40-3)26(2)33(48-38)36(39)45-23-29-19-13-8-14-20-29)30(24-43-21-27-15-9-6-10-16-27)46-37(42-5)34(25)44-22-28-17-11-7-12-18-28/h6-20,25-26,30-35,37-38H,21-24H2,1-5H3/t25?,26-,30?,31-,32?,33?,34?,35+,37-,38+/m0/s1. The minimum atomic E-state index is -0.994. The van der Waals surface area contributed by atoms with Crippen LogP contribution in [0, 0.1) is 11.8 Å². The summed E-state index contributed by atoms with van der Waals surface area (Å²) in [6.07, 6.45) is -5.44. The first-order valence-corrected chi connectivity index (χ1v) is 16.5. The first-order valence-electron chi connectivity index (χ1n) is 16.5. The second kappa shape index (κ2) is 18.0. The molecule has 0 radical (unpaired) electrons. The van der Waals surface area contributed by atoms with Crippen LogP contribution in [0.25, 0.3) is 0 Å². The molecule has 5 rings (SSSR count). The second-order valence-electron chi connectivity index (χ2n) is 12.3. The van der Waals surface area contributed by atoms with Crippen LogP contribution in [0.3, 0.4) is 0 Å². The predicted octanol–water partition coefficient (Wildman–Crippen LogP) is 5.32. The van der Waals surface area contributed by atoms with Crippen molar-refractivity contribution in [1.82, 2.24) is 0 Å². The molecule has 0 saturated carbocycles. The maximum absolute atomic E-state index is 13.5. The van der Waals surface area contributed by atoms with Gasteiger partial charge in [-0.2, -0.15) is 0 Å². The lowest BCUT2D eigenvalue weighted by molar-refractivity contribution is -0.350. The Bertz CT molecular complexity index is 1360. The fraction of sp³-hybridized carbons (Fsp3) is 0.500. The fourth-order valence-corrected chi connectivity index (χ4v) is 6.41. The molecule has 2 saturated heterocycles. The van der Waals surface area contributed by atoms with Crippen molar-refractivity contribution >= 4 is 5.97 Å². The maximum Gasteiger partial charge on any atom is 0.336 e. The summed E-state index contributed by atoms with van der Waals surface area (Å²) in [6, 6.07) is 29.3. The SMILES string of the molecule is COC1[C@H](C)C(C(=O)OCc2ccccc2)O[C@@H](O[C@@H]2C(COCc3ccccc3)O[C@H](OC)C(OCc3ccccc3)C2C)[C@@H]1OC. The molecule has 10 heteroatoms. The average molecular weight is 665 g/mol. The van der Waals surface area contributed by atoms with Crippen molar-refractivity contribution in [3.63, 3.8) is 0 Å². The third-order valence-electron chi connectivity index (χ3n) is 9.05. The van der Waals surface area contributed by atoms with Gasteiger partial charge in [-0.1, -0.05) is 105 Å². The van der Waals surface area contributed by atoms with E-state index in [4.69, 9.17) is 42.6 Å². The molecule has 5 unspecified atom stereocenters. The van der Waals surface area contributed by atoms with E-state index < -0.39 is 55.2 Å². The topological polar surface area (TPSA) is 100 Å². The number of carbonyl (C=O) groups is 1. The van der Waals surface area contributed by atoms with Crippen LogP contribution >= 0.6 is 0 Å². The molecule has 10 nitrogen and oxygen atoms in total. The van der Waals surface area contributed by atoms with E-state index in [1.165, 1.54) is 0 Å². The maximum atomic E-state index is 13.5. The van der Waals surface area contributed by atoms with Crippen LogP contribution < -0.4 is 0 Å². The van der Waals surface area contributed by atoms with Crippen molar-refractivity contribution in [2.45, 2.75) is 82.9 Å². The summed E-state index contributed by atoms with van der Waals surface area (Å²) >= 11 is 0. The quantitative estimate of drug-likeness (QED) is 0.199. The number of rotatable bonds is 15. The van der Waals surface area contributed by atoms with Gasteiger partial charge in [-0.25, -0.2) is 4.79 Å². The Kier molecular flexibility index (Phi) is 13.5. The highest BCUT2D eigenvalue weighted by molar-refractivity contribution is 5.75. The van der Waals surface area contributed by atoms with E-state index in [-0.39, 0.29) is 25.0 Å². The van der Waals surface area contributed by atoms with Crippen LogP contribution in [0.15, 0.2) is 91.0 Å². The molecule has 10 atom stereocenters. The number of hydrogen-bond donors (Lipinski definition) is 0. The molecule has 48 heavy (non-hydrogen) atoms.